The Kier molecular flexibility index (Phi) is 5.64. The van der Waals surface area contributed by atoms with Crippen molar-refractivity contribution in [3.05, 3.63) is 70.4 Å². The first-order chi connectivity index (χ1) is 16.0. The zero-order chi connectivity index (χ0) is 23.0. The molecule has 170 valence electrons. The molecule has 0 radical (unpaired) electrons. The molecule has 4 amide bonds. The van der Waals surface area contributed by atoms with Gasteiger partial charge in [-0.3, -0.25) is 19.4 Å². The summed E-state index contributed by atoms with van der Waals surface area (Å²) < 4.78 is 0. The summed E-state index contributed by atoms with van der Waals surface area (Å²) >= 11 is 1.73. The van der Waals surface area contributed by atoms with Crippen LogP contribution in [0.1, 0.15) is 17.4 Å². The molecule has 2 saturated heterocycles. The minimum Gasteiger partial charge on any atom is -0.339 e. The second-order valence-electron chi connectivity index (χ2n) is 8.71. The van der Waals surface area contributed by atoms with Crippen LogP contribution in [-0.2, 0) is 21.7 Å². The first-order valence-corrected chi connectivity index (χ1v) is 12.0. The fraction of sp³-hybridized carbons (Fsp3) is 0.320. The molecule has 0 saturated carbocycles. The van der Waals surface area contributed by atoms with Gasteiger partial charge >= 0.3 is 6.03 Å². The molecule has 8 heteroatoms. The van der Waals surface area contributed by atoms with Crippen LogP contribution in [0, 0.1) is 0 Å². The molecule has 2 aliphatic rings. The molecule has 7 nitrogen and oxygen atoms in total. The number of nitrogens with zero attached hydrogens (tertiary/aromatic N) is 3. The van der Waals surface area contributed by atoms with E-state index in [4.69, 9.17) is 0 Å². The van der Waals surface area contributed by atoms with Gasteiger partial charge in [0.1, 0.15) is 12.1 Å². The number of carbonyl (C=O) groups is 3. The van der Waals surface area contributed by atoms with Crippen molar-refractivity contribution in [3.63, 3.8) is 0 Å². The molecule has 0 aliphatic carbocycles. The summed E-state index contributed by atoms with van der Waals surface area (Å²) in [7, 11) is 0. The van der Waals surface area contributed by atoms with Crippen LogP contribution in [0.5, 0.6) is 0 Å². The van der Waals surface area contributed by atoms with Crippen LogP contribution in [0.25, 0.3) is 10.8 Å². The van der Waals surface area contributed by atoms with Crippen molar-refractivity contribution < 1.29 is 14.4 Å². The third-order valence-electron chi connectivity index (χ3n) is 6.58. The van der Waals surface area contributed by atoms with Crippen molar-refractivity contribution in [3.8, 4) is 0 Å². The fourth-order valence-electron chi connectivity index (χ4n) is 4.70. The van der Waals surface area contributed by atoms with Gasteiger partial charge in [-0.05, 0) is 34.7 Å². The van der Waals surface area contributed by atoms with Gasteiger partial charge in [-0.2, -0.15) is 0 Å². The Morgan fingerprint density at radius 3 is 2.52 bits per heavy atom. The van der Waals surface area contributed by atoms with Crippen LogP contribution in [0.4, 0.5) is 4.79 Å². The molecular formula is C25H26N4O3S. The third-order valence-corrected chi connectivity index (χ3v) is 7.44. The largest absolute Gasteiger partial charge is 0.339 e. The zero-order valence-corrected chi connectivity index (χ0v) is 19.3. The lowest BCUT2D eigenvalue weighted by molar-refractivity contribution is -0.139. The summed E-state index contributed by atoms with van der Waals surface area (Å²) in [6.45, 7) is 5.09. The smallest absolute Gasteiger partial charge is 0.325 e. The predicted molar refractivity (Wildman–Crippen MR) is 128 cm³/mol. The maximum atomic E-state index is 13.4. The van der Waals surface area contributed by atoms with E-state index in [9.17, 15) is 14.4 Å². The summed E-state index contributed by atoms with van der Waals surface area (Å²) in [4.78, 5) is 45.6. The lowest BCUT2D eigenvalue weighted by atomic mass is 9.88. The number of carbonyl (C=O) groups excluding carboxylic acids is 3. The number of thiophene rings is 1. The Balaban J connectivity index is 1.26. The standard InChI is InChI=1S/C25H26N4O3S/c1-25(21-10-4-7-18-6-2-3-9-20(18)21)23(31)29(24(32)26-25)17-22(30)28-13-11-27(12-14-28)16-19-8-5-15-33-19/h2-10,15H,11-14,16-17H2,1H3,(H,26,32). The van der Waals surface area contributed by atoms with E-state index in [2.05, 4.69) is 21.7 Å². The monoisotopic (exact) mass is 462 g/mol. The topological polar surface area (TPSA) is 73.0 Å². The average Bonchev–Trinajstić information content (AvgIpc) is 3.41. The van der Waals surface area contributed by atoms with Crippen molar-refractivity contribution in [1.82, 2.24) is 20.0 Å². The molecule has 2 aromatic carbocycles. The number of amides is 4. The summed E-state index contributed by atoms with van der Waals surface area (Å²) in [5.74, 6) is -0.593. The van der Waals surface area contributed by atoms with Crippen molar-refractivity contribution in [2.24, 2.45) is 0 Å². The third kappa shape index (κ3) is 4.00. The van der Waals surface area contributed by atoms with Crippen molar-refractivity contribution in [1.29, 1.82) is 0 Å². The minimum atomic E-state index is -1.21. The summed E-state index contributed by atoms with van der Waals surface area (Å²) in [6.07, 6.45) is 0. The molecule has 1 aromatic heterocycles. The number of benzene rings is 2. The van der Waals surface area contributed by atoms with Gasteiger partial charge in [-0.25, -0.2) is 4.79 Å². The Morgan fingerprint density at radius 2 is 1.76 bits per heavy atom. The van der Waals surface area contributed by atoms with Crippen LogP contribution in [0.2, 0.25) is 0 Å². The van der Waals surface area contributed by atoms with E-state index in [0.717, 1.165) is 40.9 Å². The predicted octanol–water partition coefficient (Wildman–Crippen LogP) is 3.01. The highest BCUT2D eigenvalue weighted by atomic mass is 32.1. The average molecular weight is 463 g/mol. The molecule has 0 spiro atoms. The van der Waals surface area contributed by atoms with Crippen molar-refractivity contribution in [2.75, 3.05) is 32.7 Å². The normalized spacial score (nSPS) is 21.6. The maximum absolute atomic E-state index is 13.4. The zero-order valence-electron chi connectivity index (χ0n) is 18.5. The highest BCUT2D eigenvalue weighted by Crippen LogP contribution is 2.33. The highest BCUT2D eigenvalue weighted by Gasteiger charge is 2.50. The number of rotatable bonds is 5. The Bertz CT molecular complexity index is 1200. The van der Waals surface area contributed by atoms with Gasteiger partial charge in [0, 0.05) is 37.6 Å². The van der Waals surface area contributed by atoms with Gasteiger partial charge in [0.15, 0.2) is 0 Å². The molecule has 1 atom stereocenters. The Hall–Kier alpha value is -3.23. The fourth-order valence-corrected chi connectivity index (χ4v) is 5.44. The number of piperazine rings is 1. The van der Waals surface area contributed by atoms with E-state index in [0.29, 0.717) is 13.1 Å². The van der Waals surface area contributed by atoms with Gasteiger partial charge in [0.05, 0.1) is 0 Å². The van der Waals surface area contributed by atoms with Crippen molar-refractivity contribution >= 4 is 40.0 Å². The molecule has 2 fully saturated rings. The molecule has 0 bridgehead atoms. The Morgan fingerprint density at radius 1 is 1.00 bits per heavy atom. The lowest BCUT2D eigenvalue weighted by Crippen LogP contribution is -2.51. The first kappa shape index (κ1) is 21.6. The van der Waals surface area contributed by atoms with Crippen LogP contribution in [-0.4, -0.2) is 65.3 Å². The second-order valence-corrected chi connectivity index (χ2v) is 9.74. The van der Waals surface area contributed by atoms with Crippen LogP contribution in [0.3, 0.4) is 0 Å². The summed E-state index contributed by atoms with van der Waals surface area (Å²) in [6, 6.07) is 17.1. The van der Waals surface area contributed by atoms with Crippen LogP contribution >= 0.6 is 11.3 Å². The van der Waals surface area contributed by atoms with E-state index in [1.165, 1.54) is 4.88 Å². The summed E-state index contributed by atoms with van der Waals surface area (Å²) in [5, 5.41) is 6.81. The van der Waals surface area contributed by atoms with Gasteiger partial charge in [0.2, 0.25) is 5.91 Å². The first-order valence-electron chi connectivity index (χ1n) is 11.1. The van der Waals surface area contributed by atoms with Crippen LogP contribution in [0.15, 0.2) is 60.0 Å². The minimum absolute atomic E-state index is 0.198. The molecule has 33 heavy (non-hydrogen) atoms. The lowest BCUT2D eigenvalue weighted by Gasteiger charge is -2.35. The van der Waals surface area contributed by atoms with E-state index in [1.807, 2.05) is 48.5 Å². The molecule has 2 aliphatic heterocycles. The van der Waals surface area contributed by atoms with E-state index < -0.39 is 17.5 Å². The molecule has 1 N–H and O–H groups in total. The van der Waals surface area contributed by atoms with Crippen molar-refractivity contribution in [2.45, 2.75) is 19.0 Å². The molecule has 3 aromatic rings. The summed E-state index contributed by atoms with van der Waals surface area (Å²) in [5.41, 5.74) is -0.478. The van der Waals surface area contributed by atoms with Gasteiger partial charge in [0.25, 0.3) is 5.91 Å². The number of fused-ring (bicyclic) bond motifs is 1. The maximum Gasteiger partial charge on any atom is 0.325 e. The van der Waals surface area contributed by atoms with E-state index in [1.54, 1.807) is 23.2 Å². The Labute approximate surface area is 196 Å². The highest BCUT2D eigenvalue weighted by molar-refractivity contribution is 7.09. The molecular weight excluding hydrogens is 436 g/mol. The number of hydrogen-bond acceptors (Lipinski definition) is 5. The second kappa shape index (κ2) is 8.61. The molecule has 3 heterocycles. The SMILES string of the molecule is CC1(c2cccc3ccccc23)NC(=O)N(CC(=O)N2CCN(Cc3cccs3)CC2)C1=O. The van der Waals surface area contributed by atoms with Gasteiger partial charge < -0.3 is 10.2 Å². The quantitative estimate of drug-likeness (QED) is 0.592. The number of hydrogen-bond donors (Lipinski definition) is 1. The molecule has 5 rings (SSSR count). The number of urea groups is 1. The van der Waals surface area contributed by atoms with Gasteiger partial charge in [-0.15, -0.1) is 11.3 Å². The number of imide groups is 1. The van der Waals surface area contributed by atoms with E-state index in [-0.39, 0.29) is 12.5 Å². The van der Waals surface area contributed by atoms with Gasteiger partial charge in [-0.1, -0.05) is 48.5 Å². The van der Waals surface area contributed by atoms with Crippen LogP contribution < -0.4 is 5.32 Å². The number of nitrogens with one attached hydrogen (secondary N) is 1. The molecule has 1 unspecified atom stereocenters. The van der Waals surface area contributed by atoms with E-state index >= 15 is 0 Å².